The van der Waals surface area contributed by atoms with Crippen molar-refractivity contribution in [2.24, 2.45) is 0 Å². The molecule has 1 aliphatic rings. The summed E-state index contributed by atoms with van der Waals surface area (Å²) in [6, 6.07) is 11.3. The molecule has 1 aromatic carbocycles. The summed E-state index contributed by atoms with van der Waals surface area (Å²) in [5.74, 6) is 2.30. The van der Waals surface area contributed by atoms with Gasteiger partial charge in [-0.25, -0.2) is 0 Å². The Hall–Kier alpha value is -2.71. The Morgan fingerprint density at radius 1 is 1.27 bits per heavy atom. The lowest BCUT2D eigenvalue weighted by molar-refractivity contribution is 0.122. The van der Waals surface area contributed by atoms with E-state index in [9.17, 15) is 0 Å². The van der Waals surface area contributed by atoms with Gasteiger partial charge in [0.1, 0.15) is 11.6 Å². The SMILES string of the molecule is C=CCNC(=S)Nc1nc(Oc2ccccc2)cc(N2CCOCC2)n1. The maximum Gasteiger partial charge on any atom is 0.234 e. The van der Waals surface area contributed by atoms with Gasteiger partial charge in [0, 0.05) is 25.7 Å². The van der Waals surface area contributed by atoms with Crippen LogP contribution >= 0.6 is 12.2 Å². The first-order valence-electron chi connectivity index (χ1n) is 8.35. The van der Waals surface area contributed by atoms with Gasteiger partial charge >= 0.3 is 0 Å². The van der Waals surface area contributed by atoms with Gasteiger partial charge in [-0.15, -0.1) is 6.58 Å². The fraction of sp³-hybridized carbons (Fsp3) is 0.278. The molecule has 0 unspecified atom stereocenters. The van der Waals surface area contributed by atoms with Gasteiger partial charge in [-0.05, 0) is 24.4 Å². The van der Waals surface area contributed by atoms with Gasteiger partial charge in [0.2, 0.25) is 11.8 Å². The van der Waals surface area contributed by atoms with Crippen LogP contribution in [-0.2, 0) is 4.74 Å². The molecule has 2 heterocycles. The van der Waals surface area contributed by atoms with Crippen LogP contribution in [-0.4, -0.2) is 47.9 Å². The highest BCUT2D eigenvalue weighted by atomic mass is 32.1. The third kappa shape index (κ3) is 5.14. The number of hydrogen-bond acceptors (Lipinski definition) is 6. The molecule has 2 N–H and O–H groups in total. The second-order valence-corrected chi connectivity index (χ2v) is 5.93. The molecular formula is C18H21N5O2S. The Morgan fingerprint density at radius 2 is 2.04 bits per heavy atom. The van der Waals surface area contributed by atoms with Crippen LogP contribution in [0, 0.1) is 0 Å². The van der Waals surface area contributed by atoms with Crippen molar-refractivity contribution in [1.82, 2.24) is 15.3 Å². The van der Waals surface area contributed by atoms with Gasteiger partial charge in [-0.3, -0.25) is 0 Å². The topological polar surface area (TPSA) is 71.5 Å². The Labute approximate surface area is 158 Å². The summed E-state index contributed by atoms with van der Waals surface area (Å²) in [6.45, 7) is 7.08. The van der Waals surface area contributed by atoms with E-state index in [1.54, 1.807) is 6.08 Å². The summed E-state index contributed by atoms with van der Waals surface area (Å²) < 4.78 is 11.3. The Balaban J connectivity index is 1.83. The summed E-state index contributed by atoms with van der Waals surface area (Å²) >= 11 is 5.25. The molecule has 0 atom stereocenters. The number of ether oxygens (including phenoxy) is 2. The summed E-state index contributed by atoms with van der Waals surface area (Å²) in [7, 11) is 0. The molecule has 0 amide bonds. The van der Waals surface area contributed by atoms with Gasteiger partial charge in [0.15, 0.2) is 5.11 Å². The zero-order valence-electron chi connectivity index (χ0n) is 14.4. The fourth-order valence-corrected chi connectivity index (χ4v) is 2.57. The minimum absolute atomic E-state index is 0.376. The van der Waals surface area contributed by atoms with E-state index in [0.717, 1.165) is 18.9 Å². The number of thiocarbonyl (C=S) groups is 1. The van der Waals surface area contributed by atoms with Crippen LogP contribution in [0.5, 0.6) is 11.6 Å². The lowest BCUT2D eigenvalue weighted by Gasteiger charge is -2.28. The number of para-hydroxylation sites is 1. The molecule has 0 bridgehead atoms. The van der Waals surface area contributed by atoms with Crippen molar-refractivity contribution in [1.29, 1.82) is 0 Å². The standard InChI is InChI=1S/C18H21N5O2S/c1-2-8-19-18(26)22-17-20-15(23-9-11-24-12-10-23)13-16(21-17)25-14-6-4-3-5-7-14/h2-7,13H,1,8-12H2,(H2,19,20,21,22,26). The highest BCUT2D eigenvalue weighted by Crippen LogP contribution is 2.25. The number of morpholine rings is 1. The summed E-state index contributed by atoms with van der Waals surface area (Å²) in [5, 5.41) is 6.42. The molecule has 26 heavy (non-hydrogen) atoms. The fourth-order valence-electron chi connectivity index (χ4n) is 2.40. The maximum atomic E-state index is 5.88. The van der Waals surface area contributed by atoms with Crippen molar-refractivity contribution in [2.75, 3.05) is 43.1 Å². The molecule has 0 saturated carbocycles. The smallest absolute Gasteiger partial charge is 0.234 e. The zero-order valence-corrected chi connectivity index (χ0v) is 15.2. The van der Waals surface area contributed by atoms with Gasteiger partial charge < -0.3 is 25.0 Å². The minimum atomic E-state index is 0.376. The molecule has 1 aliphatic heterocycles. The van der Waals surface area contributed by atoms with E-state index >= 15 is 0 Å². The van der Waals surface area contributed by atoms with Crippen molar-refractivity contribution in [3.63, 3.8) is 0 Å². The van der Waals surface area contributed by atoms with Crippen LogP contribution in [0.4, 0.5) is 11.8 Å². The molecule has 1 saturated heterocycles. The highest BCUT2D eigenvalue weighted by Gasteiger charge is 2.16. The number of anilines is 2. The van der Waals surface area contributed by atoms with Crippen LogP contribution < -0.4 is 20.3 Å². The number of nitrogens with one attached hydrogen (secondary N) is 2. The summed E-state index contributed by atoms with van der Waals surface area (Å²) in [5.41, 5.74) is 0. The molecule has 136 valence electrons. The Kier molecular flexibility index (Phi) is 6.34. The van der Waals surface area contributed by atoms with Gasteiger partial charge in [-0.2, -0.15) is 9.97 Å². The van der Waals surface area contributed by atoms with Gasteiger partial charge in [0.05, 0.1) is 13.2 Å². The average molecular weight is 371 g/mol. The van der Waals surface area contributed by atoms with Crippen molar-refractivity contribution in [3.8, 4) is 11.6 Å². The van der Waals surface area contributed by atoms with Crippen molar-refractivity contribution in [3.05, 3.63) is 49.1 Å². The van der Waals surface area contributed by atoms with Crippen LogP contribution in [0.2, 0.25) is 0 Å². The van der Waals surface area contributed by atoms with E-state index in [1.165, 1.54) is 0 Å². The molecule has 1 aromatic heterocycles. The number of benzene rings is 1. The third-order valence-corrected chi connectivity index (χ3v) is 3.87. The van der Waals surface area contributed by atoms with Crippen molar-refractivity contribution in [2.45, 2.75) is 0 Å². The van der Waals surface area contributed by atoms with Crippen molar-refractivity contribution >= 4 is 29.1 Å². The van der Waals surface area contributed by atoms with Crippen LogP contribution in [0.25, 0.3) is 0 Å². The molecule has 8 heteroatoms. The van der Waals surface area contributed by atoms with Crippen LogP contribution in [0.3, 0.4) is 0 Å². The lowest BCUT2D eigenvalue weighted by atomic mass is 10.3. The van der Waals surface area contributed by atoms with Gasteiger partial charge in [0.25, 0.3) is 0 Å². The summed E-state index contributed by atoms with van der Waals surface area (Å²) in [6.07, 6.45) is 1.73. The average Bonchev–Trinajstić information content (AvgIpc) is 2.67. The molecule has 2 aromatic rings. The lowest BCUT2D eigenvalue weighted by Crippen LogP contribution is -2.37. The van der Waals surface area contributed by atoms with Crippen LogP contribution in [0.15, 0.2) is 49.1 Å². The first kappa shape index (κ1) is 18.1. The molecular weight excluding hydrogens is 350 g/mol. The molecule has 0 aliphatic carbocycles. The van der Waals surface area contributed by atoms with E-state index in [0.29, 0.717) is 42.4 Å². The number of aromatic nitrogens is 2. The van der Waals surface area contributed by atoms with E-state index in [-0.39, 0.29) is 0 Å². The number of rotatable bonds is 6. The molecule has 1 fully saturated rings. The molecule has 0 spiro atoms. The number of hydrogen-bond donors (Lipinski definition) is 2. The van der Waals surface area contributed by atoms with E-state index in [1.807, 2.05) is 36.4 Å². The molecule has 3 rings (SSSR count). The first-order valence-corrected chi connectivity index (χ1v) is 8.76. The Morgan fingerprint density at radius 3 is 2.77 bits per heavy atom. The quantitative estimate of drug-likeness (QED) is 0.593. The van der Waals surface area contributed by atoms with E-state index in [4.69, 9.17) is 21.7 Å². The Bertz CT molecular complexity index is 751. The zero-order chi connectivity index (χ0) is 18.2. The highest BCUT2D eigenvalue weighted by molar-refractivity contribution is 7.80. The maximum absolute atomic E-state index is 5.88. The first-order chi connectivity index (χ1) is 12.7. The third-order valence-electron chi connectivity index (χ3n) is 3.62. The molecule has 7 nitrogen and oxygen atoms in total. The second-order valence-electron chi connectivity index (χ2n) is 5.53. The number of nitrogens with zero attached hydrogens (tertiary/aromatic N) is 3. The predicted molar refractivity (Wildman–Crippen MR) is 106 cm³/mol. The van der Waals surface area contributed by atoms with Crippen molar-refractivity contribution < 1.29 is 9.47 Å². The van der Waals surface area contributed by atoms with E-state index < -0.39 is 0 Å². The predicted octanol–water partition coefficient (Wildman–Crippen LogP) is 2.58. The monoisotopic (exact) mass is 371 g/mol. The largest absolute Gasteiger partial charge is 0.439 e. The normalized spacial score (nSPS) is 13.8. The second kappa shape index (κ2) is 9.12. The van der Waals surface area contributed by atoms with E-state index in [2.05, 4.69) is 32.1 Å². The summed E-state index contributed by atoms with van der Waals surface area (Å²) in [4.78, 5) is 11.1. The minimum Gasteiger partial charge on any atom is -0.439 e. The van der Waals surface area contributed by atoms with Gasteiger partial charge in [-0.1, -0.05) is 24.3 Å². The molecule has 0 radical (unpaired) electrons. The van der Waals surface area contributed by atoms with Crippen LogP contribution in [0.1, 0.15) is 0 Å².